The van der Waals surface area contributed by atoms with Crippen molar-refractivity contribution in [2.75, 3.05) is 5.73 Å². The number of hydrogen-bond donors (Lipinski definition) is 1. The molecule has 3 saturated heterocycles. The third kappa shape index (κ3) is 18.2. The average molecular weight is 1420 g/mol. The minimum Gasteiger partial charge on any atom is -0.405 e. The number of benzene rings is 3. The molecule has 0 atom stereocenters. The molecule has 0 unspecified atom stereocenters. The molecule has 0 amide bonds. The van der Waals surface area contributed by atoms with E-state index in [1.54, 1.807) is 72.8 Å². The molecule has 16 nitrogen and oxygen atoms in total. The molecule has 2 N–H and O–H groups in total. The number of halogens is 6. The van der Waals surface area contributed by atoms with Crippen LogP contribution in [0, 0.1) is 20.8 Å². The molecule has 0 spiro atoms. The van der Waals surface area contributed by atoms with Crippen LogP contribution < -0.4 is 11.2 Å². The first-order valence-electron chi connectivity index (χ1n) is 26.1. The van der Waals surface area contributed by atoms with Crippen LogP contribution in [0.3, 0.4) is 0 Å². The molecule has 0 bridgehead atoms. The van der Waals surface area contributed by atoms with Crippen LogP contribution in [0.15, 0.2) is 133 Å². The Morgan fingerprint density at radius 1 is 0.440 bits per heavy atom. The summed E-state index contributed by atoms with van der Waals surface area (Å²) in [5, 5.41) is 0.585. The number of rotatable bonds is 9. The van der Waals surface area contributed by atoms with Crippen molar-refractivity contribution in [2.24, 2.45) is 0 Å². The second-order valence-electron chi connectivity index (χ2n) is 22.7. The van der Waals surface area contributed by atoms with Crippen molar-refractivity contribution in [3.05, 3.63) is 162 Å². The standard InChI is InChI=1S/C19H23BClNO4S.C13H11BrClNO2S.C12H24B2O4.C6H7BrN2.C6H4Cl2O2S/c1-13-15(20-25-18(2,3)19(4,5)26-20)11-10-14(22-13)12-27(23,24)17-9-7-6-8-16(17)21;1-9-11(14)7-6-10(16-9)8-19(17,18)13-5-3-2-4-12(13)15;1-9(2)10(3,4)16-13(15-9)14-17-11(5,6)12(7,8)18-14;1-4-5(7)2-3-6(8)9-4;7-5-3-1-2-4-6(5)11(8,9)10/h6-11H,12H2,1-5H3;2-7H,8H2,1H3;1-8H3;2-3H,1H3,(H2,8,9);1-4H. The van der Waals surface area contributed by atoms with E-state index in [1.807, 2.05) is 116 Å². The van der Waals surface area contributed by atoms with E-state index in [9.17, 15) is 25.3 Å². The van der Waals surface area contributed by atoms with Gasteiger partial charge in [-0.05, 0) is 202 Å². The monoisotopic (exact) mass is 1420 g/mol. The van der Waals surface area contributed by atoms with Crippen molar-refractivity contribution < 1.29 is 53.2 Å². The molecule has 0 saturated carbocycles. The molecule has 6 aromatic rings. The van der Waals surface area contributed by atoms with Gasteiger partial charge >= 0.3 is 21.1 Å². The van der Waals surface area contributed by atoms with Gasteiger partial charge in [-0.1, -0.05) is 77.3 Å². The van der Waals surface area contributed by atoms with Crippen molar-refractivity contribution in [1.82, 2.24) is 15.0 Å². The Morgan fingerprint density at radius 3 is 1.06 bits per heavy atom. The fraction of sp³-hybridized carbons (Fsp3) is 0.411. The zero-order valence-electron chi connectivity index (χ0n) is 49.3. The van der Waals surface area contributed by atoms with Crippen LogP contribution in [0.5, 0.6) is 0 Å². The third-order valence-electron chi connectivity index (χ3n) is 14.7. The van der Waals surface area contributed by atoms with Gasteiger partial charge in [0, 0.05) is 30.8 Å². The summed E-state index contributed by atoms with van der Waals surface area (Å²) in [6.07, 6.45) is 0. The Bertz CT molecular complexity index is 3600. The summed E-state index contributed by atoms with van der Waals surface area (Å²) in [5.74, 6) is 0.183. The van der Waals surface area contributed by atoms with Gasteiger partial charge in [0.15, 0.2) is 19.7 Å². The molecule has 454 valence electrons. The first-order valence-corrected chi connectivity index (χ1v) is 34.4. The Hall–Kier alpha value is -3.17. The first-order chi connectivity index (χ1) is 38.4. The molecule has 3 aliphatic heterocycles. The molecule has 84 heavy (non-hydrogen) atoms. The number of sulfone groups is 2. The predicted octanol–water partition coefficient (Wildman–Crippen LogP) is 13.3. The van der Waals surface area contributed by atoms with Crippen molar-refractivity contribution in [1.29, 1.82) is 0 Å². The fourth-order valence-electron chi connectivity index (χ4n) is 7.74. The zero-order chi connectivity index (χ0) is 63.4. The van der Waals surface area contributed by atoms with E-state index in [0.29, 0.717) is 22.9 Å². The lowest BCUT2D eigenvalue weighted by Crippen LogP contribution is -2.41. The maximum atomic E-state index is 12.7. The normalized spacial score (nSPS) is 18.0. The topological polar surface area (TPSA) is 222 Å². The molecule has 3 aliphatic rings. The largest absolute Gasteiger partial charge is 0.496 e. The van der Waals surface area contributed by atoms with Crippen LogP contribution in [0.25, 0.3) is 0 Å². The van der Waals surface area contributed by atoms with Crippen molar-refractivity contribution in [3.63, 3.8) is 0 Å². The highest BCUT2D eigenvalue weighted by molar-refractivity contribution is 9.10. The second kappa shape index (κ2) is 27.7. The minimum atomic E-state index is -3.69. The number of nitrogen functional groups attached to an aromatic ring is 1. The Labute approximate surface area is 533 Å². The number of anilines is 1. The quantitative estimate of drug-likeness (QED) is 0.105. The van der Waals surface area contributed by atoms with Gasteiger partial charge in [-0.25, -0.2) is 30.2 Å². The van der Waals surface area contributed by atoms with Crippen molar-refractivity contribution >= 4 is 138 Å². The zero-order valence-corrected chi connectivity index (χ0v) is 58.0. The van der Waals surface area contributed by atoms with Crippen LogP contribution in [0.1, 0.15) is 112 Å². The molecule has 28 heteroatoms. The number of pyridine rings is 3. The van der Waals surface area contributed by atoms with Gasteiger partial charge in [-0.3, -0.25) is 9.97 Å². The van der Waals surface area contributed by atoms with Gasteiger partial charge in [0.2, 0.25) is 0 Å². The van der Waals surface area contributed by atoms with Crippen LogP contribution in [0.2, 0.25) is 15.1 Å². The summed E-state index contributed by atoms with van der Waals surface area (Å²) in [7, 11) is -7.19. The van der Waals surface area contributed by atoms with E-state index in [1.165, 1.54) is 24.3 Å². The highest BCUT2D eigenvalue weighted by atomic mass is 79.9. The average Bonchev–Trinajstić information content (AvgIpc) is 1.79. The molecule has 3 aromatic carbocycles. The lowest BCUT2D eigenvalue weighted by atomic mass is 9.49. The lowest BCUT2D eigenvalue weighted by Gasteiger charge is -2.32. The third-order valence-corrected chi connectivity index (χ3v) is 22.5. The maximum absolute atomic E-state index is 12.7. The Kier molecular flexibility index (Phi) is 23.6. The van der Waals surface area contributed by atoms with Gasteiger partial charge in [0.05, 0.1) is 92.7 Å². The van der Waals surface area contributed by atoms with Gasteiger partial charge in [0.1, 0.15) is 10.7 Å². The SMILES string of the molecule is CC1(C)OB(B2OC(C)(C)C(C)(C)O2)OC1(C)C.Cc1nc(CS(=O)(=O)c2ccccc2Cl)ccc1B1OC(C)(C)C(C)(C)O1.Cc1nc(CS(=O)(=O)c2ccccc2Cl)ccc1Br.Cc1nc(N)ccc1Br.O=S(=O)(Cl)c1ccccc1Cl. The molecule has 3 aromatic heterocycles. The molecular weight excluding hydrogens is 1350 g/mol. The van der Waals surface area contributed by atoms with E-state index in [2.05, 4.69) is 46.8 Å². The number of aryl methyl sites for hydroxylation is 3. The first kappa shape index (κ1) is 71.6. The van der Waals surface area contributed by atoms with E-state index in [-0.39, 0.29) is 63.7 Å². The number of nitrogens with two attached hydrogens (primary N) is 1. The molecule has 0 radical (unpaired) electrons. The smallest absolute Gasteiger partial charge is 0.405 e. The summed E-state index contributed by atoms with van der Waals surface area (Å²) < 4.78 is 109. The van der Waals surface area contributed by atoms with Gasteiger partial charge in [-0.2, -0.15) is 0 Å². The minimum absolute atomic E-state index is 0.0525. The molecule has 6 heterocycles. The maximum Gasteiger partial charge on any atom is 0.496 e. The van der Waals surface area contributed by atoms with Crippen LogP contribution in [-0.4, -0.2) is 94.9 Å². The summed E-state index contributed by atoms with van der Waals surface area (Å²) in [4.78, 5) is 12.9. The van der Waals surface area contributed by atoms with E-state index >= 15 is 0 Å². The van der Waals surface area contributed by atoms with E-state index < -0.39 is 61.1 Å². The molecule has 0 aliphatic carbocycles. The van der Waals surface area contributed by atoms with E-state index in [4.69, 9.17) is 79.1 Å². The molecule has 3 fully saturated rings. The lowest BCUT2D eigenvalue weighted by molar-refractivity contribution is 0.00578. The summed E-state index contributed by atoms with van der Waals surface area (Å²) in [5.41, 5.74) is 7.17. The predicted molar refractivity (Wildman–Crippen MR) is 344 cm³/mol. The fourth-order valence-corrected chi connectivity index (χ4v) is 13.4. The van der Waals surface area contributed by atoms with Crippen molar-refractivity contribution in [3.8, 4) is 0 Å². The Morgan fingerprint density at radius 2 is 0.750 bits per heavy atom. The summed E-state index contributed by atoms with van der Waals surface area (Å²) >= 11 is 24.2. The highest BCUT2D eigenvalue weighted by Crippen LogP contribution is 2.43. The van der Waals surface area contributed by atoms with Gasteiger partial charge < -0.3 is 33.7 Å². The summed E-state index contributed by atoms with van der Waals surface area (Å²) in [6.45, 7) is 29.7. The second-order valence-corrected chi connectivity index (χ2v) is 32.1. The molecule has 9 rings (SSSR count). The van der Waals surface area contributed by atoms with Gasteiger partial charge in [0.25, 0.3) is 9.05 Å². The number of aromatic nitrogens is 3. The van der Waals surface area contributed by atoms with Crippen LogP contribution >= 0.6 is 77.3 Å². The highest BCUT2D eigenvalue weighted by Gasteiger charge is 2.64. The summed E-state index contributed by atoms with van der Waals surface area (Å²) in [6, 6.07) is 29.5. The number of hydrogen-bond acceptors (Lipinski definition) is 16. The van der Waals surface area contributed by atoms with Crippen LogP contribution in [0.4, 0.5) is 5.82 Å². The Balaban J connectivity index is 0.000000202. The van der Waals surface area contributed by atoms with Crippen LogP contribution in [-0.2, 0) is 68.2 Å². The van der Waals surface area contributed by atoms with Crippen molar-refractivity contribution in [2.45, 2.75) is 164 Å². The number of nitrogens with zero attached hydrogens (tertiary/aromatic N) is 3. The molecular formula is C56H69B3Br2Cl4N4O12S3. The van der Waals surface area contributed by atoms with Gasteiger partial charge in [-0.15, -0.1) is 0 Å². The van der Waals surface area contributed by atoms with E-state index in [0.717, 1.165) is 25.8 Å².